The van der Waals surface area contributed by atoms with Gasteiger partial charge in [-0.25, -0.2) is 14.4 Å². The molecule has 0 amide bonds. The van der Waals surface area contributed by atoms with Gasteiger partial charge in [-0.05, 0) is 48.3 Å². The van der Waals surface area contributed by atoms with Crippen LogP contribution in [0.4, 0.5) is 19.0 Å². The Kier molecular flexibility index (Phi) is 6.62. The predicted octanol–water partition coefficient (Wildman–Crippen LogP) is 7.84. The average molecular weight is 533 g/mol. The summed E-state index contributed by atoms with van der Waals surface area (Å²) in [5.41, 5.74) is 2.64. The predicted molar refractivity (Wildman–Crippen MR) is 128 cm³/mol. The van der Waals surface area contributed by atoms with Crippen LogP contribution in [0.25, 0.3) is 22.5 Å². The maximum absolute atomic E-state index is 14.8. The average Bonchev–Trinajstić information content (AvgIpc) is 3.55. The van der Waals surface area contributed by atoms with Crippen LogP contribution in [-0.4, -0.2) is 15.0 Å². The fourth-order valence-corrected chi connectivity index (χ4v) is 4.53. The lowest BCUT2D eigenvalue weighted by molar-refractivity contribution is 0.474. The number of hydrogen-bond donors (Lipinski definition) is 1. The Bertz CT molecular complexity index is 1480. The van der Waals surface area contributed by atoms with Gasteiger partial charge in [-0.1, -0.05) is 11.6 Å². The van der Waals surface area contributed by atoms with Crippen LogP contribution in [-0.2, 0) is 0 Å². The molecule has 0 saturated carbocycles. The van der Waals surface area contributed by atoms with Crippen LogP contribution in [0.2, 0.25) is 5.02 Å². The molecule has 0 radical (unpaired) electrons. The Balaban J connectivity index is 1.47. The molecule has 0 saturated heterocycles. The zero-order valence-electron chi connectivity index (χ0n) is 17.3. The Hall–Kier alpha value is -3.54. The molecule has 4 heterocycles. The molecule has 0 fully saturated rings. The summed E-state index contributed by atoms with van der Waals surface area (Å²) in [7, 11) is 0. The van der Waals surface area contributed by atoms with E-state index in [0.717, 1.165) is 24.1 Å². The molecule has 0 spiro atoms. The second-order valence-corrected chi connectivity index (χ2v) is 8.89. The molecule has 0 aliphatic heterocycles. The van der Waals surface area contributed by atoms with Gasteiger partial charge in [-0.15, -0.1) is 11.3 Å². The molecule has 0 atom stereocenters. The van der Waals surface area contributed by atoms with Crippen molar-refractivity contribution in [1.29, 1.82) is 0 Å². The normalized spacial score (nSPS) is 11.0. The molecule has 12 heteroatoms. The number of pyridine rings is 2. The Morgan fingerprint density at radius 2 is 1.91 bits per heavy atom. The van der Waals surface area contributed by atoms with Crippen LogP contribution in [0.15, 0.2) is 75.2 Å². The third-order valence-corrected chi connectivity index (χ3v) is 6.37. The molecule has 176 valence electrons. The number of anilines is 1. The van der Waals surface area contributed by atoms with Crippen molar-refractivity contribution in [3.63, 3.8) is 0 Å². The van der Waals surface area contributed by atoms with Gasteiger partial charge in [0.1, 0.15) is 23.1 Å². The summed E-state index contributed by atoms with van der Waals surface area (Å²) in [5.74, 6) is -1.65. The molecule has 5 rings (SSSR count). The number of hydrogen-bond acceptors (Lipinski definition) is 8. The minimum absolute atomic E-state index is 0.000705. The molecule has 0 bridgehead atoms. The molecular formula is C23H12ClF3N4O2S2. The lowest BCUT2D eigenvalue weighted by Gasteiger charge is -2.14. The Morgan fingerprint density at radius 3 is 2.66 bits per heavy atom. The van der Waals surface area contributed by atoms with Crippen molar-refractivity contribution in [2.75, 3.05) is 4.72 Å². The summed E-state index contributed by atoms with van der Waals surface area (Å²) in [6, 6.07) is 9.48. The van der Waals surface area contributed by atoms with E-state index in [0.29, 0.717) is 11.4 Å². The number of aromatic nitrogens is 3. The van der Waals surface area contributed by atoms with E-state index in [2.05, 4.69) is 19.7 Å². The van der Waals surface area contributed by atoms with Gasteiger partial charge < -0.3 is 13.9 Å². The fraction of sp³-hybridized carbons (Fsp3) is 0. The van der Waals surface area contributed by atoms with Gasteiger partial charge in [0.15, 0.2) is 5.75 Å². The van der Waals surface area contributed by atoms with Gasteiger partial charge in [0, 0.05) is 17.0 Å². The highest BCUT2D eigenvalue weighted by molar-refractivity contribution is 8.00. The molecule has 1 N–H and O–H groups in total. The van der Waals surface area contributed by atoms with E-state index < -0.39 is 17.7 Å². The number of ether oxygens (including phenoxy) is 1. The van der Waals surface area contributed by atoms with E-state index >= 15 is 0 Å². The summed E-state index contributed by atoms with van der Waals surface area (Å²) in [6.45, 7) is 0. The first kappa shape index (κ1) is 23.2. The summed E-state index contributed by atoms with van der Waals surface area (Å²) < 4.78 is 56.2. The summed E-state index contributed by atoms with van der Waals surface area (Å²) >= 11 is 8.80. The van der Waals surface area contributed by atoms with Crippen molar-refractivity contribution in [2.24, 2.45) is 0 Å². The van der Waals surface area contributed by atoms with Crippen LogP contribution in [0.1, 0.15) is 0 Å². The molecule has 5 aromatic rings. The highest BCUT2D eigenvalue weighted by Gasteiger charge is 2.18. The zero-order valence-corrected chi connectivity index (χ0v) is 19.7. The van der Waals surface area contributed by atoms with Crippen LogP contribution in [0, 0.1) is 17.7 Å². The first-order chi connectivity index (χ1) is 17.0. The zero-order chi connectivity index (χ0) is 24.4. The first-order valence-corrected chi connectivity index (χ1v) is 12.0. The monoisotopic (exact) mass is 532 g/mol. The third-order valence-electron chi connectivity index (χ3n) is 4.65. The molecule has 0 aliphatic rings. The number of furan rings is 1. The number of thiazole rings is 1. The minimum Gasteiger partial charge on any atom is -0.472 e. The number of halogens is 4. The van der Waals surface area contributed by atoms with Crippen molar-refractivity contribution in [2.45, 2.75) is 4.90 Å². The van der Waals surface area contributed by atoms with Gasteiger partial charge in [-0.2, -0.15) is 13.8 Å². The van der Waals surface area contributed by atoms with Crippen molar-refractivity contribution in [3.8, 4) is 34.0 Å². The molecule has 6 nitrogen and oxygen atoms in total. The number of rotatable bonds is 7. The molecule has 4 aromatic heterocycles. The van der Waals surface area contributed by atoms with E-state index in [-0.39, 0.29) is 38.4 Å². The van der Waals surface area contributed by atoms with E-state index in [1.54, 1.807) is 17.0 Å². The van der Waals surface area contributed by atoms with E-state index in [4.69, 9.17) is 20.8 Å². The highest BCUT2D eigenvalue weighted by atomic mass is 35.5. The maximum atomic E-state index is 14.8. The largest absolute Gasteiger partial charge is 0.472 e. The molecule has 35 heavy (non-hydrogen) atoms. The number of nitrogens with one attached hydrogen (secondary N) is 1. The quantitative estimate of drug-likeness (QED) is 0.169. The van der Waals surface area contributed by atoms with E-state index in [9.17, 15) is 13.2 Å². The smallest absolute Gasteiger partial charge is 0.224 e. The highest BCUT2D eigenvalue weighted by Crippen LogP contribution is 2.39. The van der Waals surface area contributed by atoms with Crippen LogP contribution < -0.4 is 9.46 Å². The van der Waals surface area contributed by atoms with E-state index in [1.165, 1.54) is 48.1 Å². The molecular weight excluding hydrogens is 521 g/mol. The van der Waals surface area contributed by atoms with Gasteiger partial charge >= 0.3 is 0 Å². The second kappa shape index (κ2) is 9.98. The standard InChI is InChI=1S/C23H12ClF3N4O2S2/c24-14-7-19(35-31-21-10-34-11-28-21)15(25)8-18(14)33-17-3-2-16(13-1-4-20(26)30-23(13)27)29-22(17)12-5-6-32-9-12/h1-11,31H. The van der Waals surface area contributed by atoms with E-state index in [1.807, 2.05) is 0 Å². The number of nitrogens with zero attached hydrogens (tertiary/aromatic N) is 3. The van der Waals surface area contributed by atoms with Crippen molar-refractivity contribution < 1.29 is 22.3 Å². The summed E-state index contributed by atoms with van der Waals surface area (Å²) in [6.07, 6.45) is 2.85. The summed E-state index contributed by atoms with van der Waals surface area (Å²) in [4.78, 5) is 12.0. The Labute approximate surface area is 209 Å². The maximum Gasteiger partial charge on any atom is 0.224 e. The Morgan fingerprint density at radius 1 is 1.03 bits per heavy atom. The third kappa shape index (κ3) is 5.11. The fourth-order valence-electron chi connectivity index (χ4n) is 3.04. The van der Waals surface area contributed by atoms with Gasteiger partial charge in [0.05, 0.1) is 39.2 Å². The van der Waals surface area contributed by atoms with Crippen LogP contribution in [0.5, 0.6) is 11.5 Å². The topological polar surface area (TPSA) is 73.1 Å². The van der Waals surface area contributed by atoms with Crippen molar-refractivity contribution >= 4 is 40.7 Å². The molecule has 0 aliphatic carbocycles. The molecule has 1 aromatic carbocycles. The van der Waals surface area contributed by atoms with Gasteiger partial charge in [0.25, 0.3) is 0 Å². The van der Waals surface area contributed by atoms with Crippen LogP contribution >= 0.6 is 34.9 Å². The summed E-state index contributed by atoms with van der Waals surface area (Å²) in [5, 5.41) is 1.94. The van der Waals surface area contributed by atoms with Crippen molar-refractivity contribution in [1.82, 2.24) is 15.0 Å². The lowest BCUT2D eigenvalue weighted by atomic mass is 10.1. The lowest BCUT2D eigenvalue weighted by Crippen LogP contribution is -1.98. The first-order valence-electron chi connectivity index (χ1n) is 9.82. The second-order valence-electron chi connectivity index (χ2n) is 6.92. The molecule has 0 unspecified atom stereocenters. The minimum atomic E-state index is -1.01. The SMILES string of the molecule is Fc1ccc(-c2ccc(Oc3cc(F)c(SNc4cscn4)cc3Cl)c(-c3ccoc3)n2)c(F)n1. The number of benzene rings is 1. The van der Waals surface area contributed by atoms with Crippen LogP contribution in [0.3, 0.4) is 0 Å². The van der Waals surface area contributed by atoms with Crippen molar-refractivity contribution in [3.05, 3.63) is 88.6 Å². The van der Waals surface area contributed by atoms with Gasteiger partial charge in [0.2, 0.25) is 11.9 Å². The van der Waals surface area contributed by atoms with Gasteiger partial charge in [-0.3, -0.25) is 0 Å².